The van der Waals surface area contributed by atoms with Gasteiger partial charge in [0.15, 0.2) is 0 Å². The highest BCUT2D eigenvalue weighted by Crippen LogP contribution is 2.38. The highest BCUT2D eigenvalue weighted by atomic mass is 19.4. The van der Waals surface area contributed by atoms with Crippen LogP contribution in [0.2, 0.25) is 0 Å². The Morgan fingerprint density at radius 2 is 1.94 bits per heavy atom. The van der Waals surface area contributed by atoms with Crippen molar-refractivity contribution in [2.24, 2.45) is 0 Å². The number of phenolic OH excluding ortho intramolecular Hbond substituents is 1. The molecule has 96 valence electrons. The Kier molecular flexibility index (Phi) is 2.68. The maximum atomic E-state index is 12.9. The van der Waals surface area contributed by atoms with E-state index in [2.05, 4.69) is 4.98 Å². The second kappa shape index (κ2) is 3.94. The number of ether oxygens (including phenoxy) is 1. The van der Waals surface area contributed by atoms with Crippen LogP contribution in [0.15, 0.2) is 18.2 Å². The van der Waals surface area contributed by atoms with Gasteiger partial charge in [-0.3, -0.25) is 0 Å². The van der Waals surface area contributed by atoms with Crippen molar-refractivity contribution in [1.29, 1.82) is 0 Å². The van der Waals surface area contributed by atoms with E-state index in [1.807, 2.05) is 0 Å². The minimum absolute atomic E-state index is 0.0339. The molecule has 0 saturated heterocycles. The number of nitrogens with two attached hydrogens (primary N) is 1. The van der Waals surface area contributed by atoms with Crippen LogP contribution in [0, 0.1) is 0 Å². The predicted octanol–water partition coefficient (Wildman–Crippen LogP) is 2.55. The SMILES string of the molecule is COc1cc(C(F)(F)F)c2cc(N)c(O)cc2n1. The first-order chi connectivity index (χ1) is 8.32. The van der Waals surface area contributed by atoms with E-state index in [0.717, 1.165) is 18.2 Å². The van der Waals surface area contributed by atoms with E-state index in [0.29, 0.717) is 0 Å². The maximum absolute atomic E-state index is 12.9. The quantitative estimate of drug-likeness (QED) is 0.609. The fourth-order valence-corrected chi connectivity index (χ4v) is 1.59. The van der Waals surface area contributed by atoms with Crippen molar-refractivity contribution in [3.05, 3.63) is 23.8 Å². The van der Waals surface area contributed by atoms with Gasteiger partial charge in [0, 0.05) is 17.5 Å². The van der Waals surface area contributed by atoms with Crippen molar-refractivity contribution >= 4 is 16.6 Å². The predicted molar refractivity (Wildman–Crippen MR) is 59.4 cm³/mol. The Morgan fingerprint density at radius 3 is 2.50 bits per heavy atom. The Labute approximate surface area is 99.8 Å². The molecule has 0 aliphatic rings. The molecule has 0 aliphatic heterocycles. The molecule has 0 amide bonds. The van der Waals surface area contributed by atoms with Crippen molar-refractivity contribution in [2.75, 3.05) is 12.8 Å². The molecule has 4 nitrogen and oxygen atoms in total. The van der Waals surface area contributed by atoms with Gasteiger partial charge in [0.1, 0.15) is 5.75 Å². The van der Waals surface area contributed by atoms with Crippen LogP contribution in [0.3, 0.4) is 0 Å². The molecule has 1 aromatic carbocycles. The number of hydrogen-bond acceptors (Lipinski definition) is 4. The summed E-state index contributed by atoms with van der Waals surface area (Å²) in [5, 5.41) is 9.21. The summed E-state index contributed by atoms with van der Waals surface area (Å²) in [6.45, 7) is 0. The molecule has 0 bridgehead atoms. The number of hydrogen-bond donors (Lipinski definition) is 2. The maximum Gasteiger partial charge on any atom is 0.417 e. The number of nitrogen functional groups attached to an aromatic ring is 1. The van der Waals surface area contributed by atoms with Gasteiger partial charge in [0.2, 0.25) is 5.88 Å². The Hall–Kier alpha value is -2.18. The normalized spacial score (nSPS) is 11.8. The van der Waals surface area contributed by atoms with Crippen molar-refractivity contribution in [3.63, 3.8) is 0 Å². The van der Waals surface area contributed by atoms with Crippen LogP contribution >= 0.6 is 0 Å². The zero-order chi connectivity index (χ0) is 13.5. The first kappa shape index (κ1) is 12.3. The van der Waals surface area contributed by atoms with Crippen molar-refractivity contribution < 1.29 is 23.0 Å². The van der Waals surface area contributed by atoms with Gasteiger partial charge in [0.25, 0.3) is 0 Å². The number of phenols is 1. The largest absolute Gasteiger partial charge is 0.506 e. The van der Waals surface area contributed by atoms with Gasteiger partial charge < -0.3 is 15.6 Å². The van der Waals surface area contributed by atoms with Crippen molar-refractivity contribution in [3.8, 4) is 11.6 Å². The van der Waals surface area contributed by atoms with E-state index in [-0.39, 0.29) is 28.2 Å². The third-order valence-corrected chi connectivity index (χ3v) is 2.45. The van der Waals surface area contributed by atoms with Crippen molar-refractivity contribution in [2.45, 2.75) is 6.18 Å². The zero-order valence-corrected chi connectivity index (χ0v) is 9.25. The summed E-state index contributed by atoms with van der Waals surface area (Å²) < 4.78 is 43.3. The molecule has 2 aromatic rings. The lowest BCUT2D eigenvalue weighted by Gasteiger charge is -2.12. The molecule has 0 radical (unpaired) electrons. The van der Waals surface area contributed by atoms with Crippen LogP contribution in [0.4, 0.5) is 18.9 Å². The highest BCUT2D eigenvalue weighted by Gasteiger charge is 2.34. The number of benzene rings is 1. The van der Waals surface area contributed by atoms with Gasteiger partial charge in [-0.25, -0.2) is 4.98 Å². The highest BCUT2D eigenvalue weighted by molar-refractivity contribution is 5.88. The Morgan fingerprint density at radius 1 is 1.28 bits per heavy atom. The van der Waals surface area contributed by atoms with Crippen LogP contribution in [0.5, 0.6) is 11.6 Å². The zero-order valence-electron chi connectivity index (χ0n) is 9.25. The van der Waals surface area contributed by atoms with Gasteiger partial charge in [0.05, 0.1) is 23.9 Å². The van der Waals surface area contributed by atoms with Crippen LogP contribution in [-0.4, -0.2) is 17.2 Å². The summed E-state index contributed by atoms with van der Waals surface area (Å²) in [7, 11) is 1.21. The van der Waals surface area contributed by atoms with Crippen molar-refractivity contribution in [1.82, 2.24) is 4.98 Å². The molecule has 1 heterocycles. The van der Waals surface area contributed by atoms with Gasteiger partial charge in [-0.15, -0.1) is 0 Å². The summed E-state index contributed by atoms with van der Waals surface area (Å²) in [5.74, 6) is -0.504. The molecular weight excluding hydrogens is 249 g/mol. The summed E-state index contributed by atoms with van der Waals surface area (Å²) in [5.41, 5.74) is 4.31. The van der Waals surface area contributed by atoms with E-state index in [1.54, 1.807) is 0 Å². The second-order valence-corrected chi connectivity index (χ2v) is 3.64. The number of methoxy groups -OCH3 is 1. The number of pyridine rings is 1. The molecule has 0 atom stereocenters. The van der Waals surface area contributed by atoms with Crippen LogP contribution in [0.1, 0.15) is 5.56 Å². The van der Waals surface area contributed by atoms with Crippen LogP contribution in [-0.2, 0) is 6.18 Å². The van der Waals surface area contributed by atoms with E-state index >= 15 is 0 Å². The molecule has 3 N–H and O–H groups in total. The average Bonchev–Trinajstić information content (AvgIpc) is 2.28. The van der Waals surface area contributed by atoms with E-state index < -0.39 is 11.7 Å². The summed E-state index contributed by atoms with van der Waals surface area (Å²) in [6.07, 6.45) is -4.56. The fraction of sp³-hybridized carbons (Fsp3) is 0.182. The number of aromatic nitrogens is 1. The third kappa shape index (κ3) is 1.99. The van der Waals surface area contributed by atoms with E-state index in [4.69, 9.17) is 10.5 Å². The summed E-state index contributed by atoms with van der Waals surface area (Å²) in [4.78, 5) is 3.83. The molecule has 0 unspecified atom stereocenters. The van der Waals surface area contributed by atoms with Gasteiger partial charge >= 0.3 is 6.18 Å². The lowest BCUT2D eigenvalue weighted by molar-refractivity contribution is -0.136. The van der Waals surface area contributed by atoms with Crippen LogP contribution in [0.25, 0.3) is 10.9 Å². The molecule has 0 aliphatic carbocycles. The number of halogens is 3. The minimum atomic E-state index is -4.56. The number of alkyl halides is 3. The molecule has 0 fully saturated rings. The fourth-order valence-electron chi connectivity index (χ4n) is 1.59. The lowest BCUT2D eigenvalue weighted by Crippen LogP contribution is -2.07. The Balaban J connectivity index is 2.86. The summed E-state index contributed by atoms with van der Waals surface area (Å²) >= 11 is 0. The van der Waals surface area contributed by atoms with Gasteiger partial charge in [-0.05, 0) is 6.07 Å². The molecule has 1 aromatic heterocycles. The lowest BCUT2D eigenvalue weighted by atomic mass is 10.1. The second-order valence-electron chi connectivity index (χ2n) is 3.64. The third-order valence-electron chi connectivity index (χ3n) is 2.45. The number of rotatable bonds is 1. The monoisotopic (exact) mass is 258 g/mol. The topological polar surface area (TPSA) is 68.4 Å². The Bertz CT molecular complexity index is 611. The molecule has 0 saturated carbocycles. The minimum Gasteiger partial charge on any atom is -0.506 e. The standard InChI is InChI=1S/C11H9F3N2O2/c1-18-10-3-6(11(12,13)14)5-2-7(15)9(17)4-8(5)16-10/h2-4,17H,15H2,1H3. The summed E-state index contributed by atoms with van der Waals surface area (Å²) in [6, 6.07) is 2.90. The molecule has 0 spiro atoms. The van der Waals surface area contributed by atoms with Crippen LogP contribution < -0.4 is 10.5 Å². The number of nitrogens with zero attached hydrogens (tertiary/aromatic N) is 1. The number of fused-ring (bicyclic) bond motifs is 1. The van der Waals surface area contributed by atoms with E-state index in [9.17, 15) is 18.3 Å². The van der Waals surface area contributed by atoms with E-state index in [1.165, 1.54) is 7.11 Å². The first-order valence-corrected chi connectivity index (χ1v) is 4.87. The average molecular weight is 258 g/mol. The van der Waals surface area contributed by atoms with Gasteiger partial charge in [-0.1, -0.05) is 0 Å². The molecular formula is C11H9F3N2O2. The first-order valence-electron chi connectivity index (χ1n) is 4.87. The molecule has 7 heteroatoms. The number of anilines is 1. The smallest absolute Gasteiger partial charge is 0.417 e. The van der Waals surface area contributed by atoms with Gasteiger partial charge in [-0.2, -0.15) is 13.2 Å². The molecule has 2 rings (SSSR count). The molecule has 18 heavy (non-hydrogen) atoms. The number of aromatic hydroxyl groups is 1.